The first-order valence-electron chi connectivity index (χ1n) is 11.0. The number of rotatable bonds is 12. The Morgan fingerprint density at radius 2 is 1.70 bits per heavy atom. The van der Waals surface area contributed by atoms with Gasteiger partial charge in [-0.15, -0.1) is 0 Å². The zero-order valence-electron chi connectivity index (χ0n) is 20.6. The standard InChI is InChI=1S/C28H38O5/c1-7-8-28(21(3)15-26(31)16-22(4)30)20(2)9-10-25(18-29)17-23(5)33-19-24-11-13-27(32-6)14-12-24/h7-17,22-23,29-31H,18-19H2,1-6H3/b8-7+,10-9+,21-15+,25-17-,26-16-,28-20-/t22?,23-/m0/s1. The molecule has 3 N–H and O–H groups in total. The van der Waals surface area contributed by atoms with Gasteiger partial charge in [0.05, 0.1) is 32.5 Å². The quantitative estimate of drug-likeness (QED) is 0.277. The topological polar surface area (TPSA) is 79.2 Å². The lowest BCUT2D eigenvalue weighted by atomic mass is 9.99. The highest BCUT2D eigenvalue weighted by atomic mass is 16.5. The number of allylic oxidation sites excluding steroid dienone is 7. The summed E-state index contributed by atoms with van der Waals surface area (Å²) in [5.41, 5.74) is 4.56. The summed E-state index contributed by atoms with van der Waals surface area (Å²) >= 11 is 0. The molecule has 0 aliphatic carbocycles. The van der Waals surface area contributed by atoms with E-state index in [4.69, 9.17) is 9.47 Å². The Bertz CT molecular complexity index is 912. The van der Waals surface area contributed by atoms with Gasteiger partial charge in [0.25, 0.3) is 0 Å². The third-order valence-corrected chi connectivity index (χ3v) is 4.81. The second kappa shape index (κ2) is 15.1. The van der Waals surface area contributed by atoms with Crippen molar-refractivity contribution < 1.29 is 24.8 Å². The lowest BCUT2D eigenvalue weighted by molar-refractivity contribution is 0.0832. The number of hydrogen-bond acceptors (Lipinski definition) is 5. The van der Waals surface area contributed by atoms with E-state index in [9.17, 15) is 15.3 Å². The molecule has 2 atom stereocenters. The van der Waals surface area contributed by atoms with E-state index in [1.807, 2.05) is 82.3 Å². The number of methoxy groups -OCH3 is 1. The van der Waals surface area contributed by atoms with Crippen LogP contribution in [0.15, 0.2) is 94.8 Å². The summed E-state index contributed by atoms with van der Waals surface area (Å²) in [7, 11) is 1.64. The van der Waals surface area contributed by atoms with Crippen LogP contribution in [0.5, 0.6) is 5.75 Å². The predicted octanol–water partition coefficient (Wildman–Crippen LogP) is 5.74. The molecular formula is C28H38O5. The summed E-state index contributed by atoms with van der Waals surface area (Å²) in [6.07, 6.45) is 11.7. The number of hydrogen-bond donors (Lipinski definition) is 3. The second-order valence-corrected chi connectivity index (χ2v) is 7.85. The first-order chi connectivity index (χ1) is 15.7. The minimum atomic E-state index is -0.727. The molecule has 33 heavy (non-hydrogen) atoms. The lowest BCUT2D eigenvalue weighted by Gasteiger charge is -2.11. The molecule has 0 amide bonds. The van der Waals surface area contributed by atoms with E-state index in [2.05, 4.69) is 0 Å². The molecule has 0 aromatic heterocycles. The Morgan fingerprint density at radius 3 is 2.24 bits per heavy atom. The summed E-state index contributed by atoms with van der Waals surface area (Å²) in [5.74, 6) is 0.819. The second-order valence-electron chi connectivity index (χ2n) is 7.85. The Kier molecular flexibility index (Phi) is 12.9. The van der Waals surface area contributed by atoms with Crippen LogP contribution >= 0.6 is 0 Å². The van der Waals surface area contributed by atoms with Gasteiger partial charge in [0.2, 0.25) is 0 Å². The predicted molar refractivity (Wildman–Crippen MR) is 135 cm³/mol. The van der Waals surface area contributed by atoms with Crippen molar-refractivity contribution >= 4 is 0 Å². The molecule has 0 fully saturated rings. The molecule has 1 unspecified atom stereocenters. The van der Waals surface area contributed by atoms with E-state index < -0.39 is 6.10 Å². The SMILES string of the molecule is C/C=C/C(=C(C)/C=C/C(=C/[C@H](C)OCc1ccc(OC)cc1)CO)C(/C)=C/C(O)=C/C(C)O. The van der Waals surface area contributed by atoms with Crippen LogP contribution in [0.4, 0.5) is 0 Å². The van der Waals surface area contributed by atoms with Crippen LogP contribution in [-0.2, 0) is 11.3 Å². The molecule has 0 heterocycles. The Labute approximate surface area is 198 Å². The van der Waals surface area contributed by atoms with Gasteiger partial charge in [-0.25, -0.2) is 0 Å². The van der Waals surface area contributed by atoms with Crippen molar-refractivity contribution in [3.05, 3.63) is 100 Å². The molecular weight excluding hydrogens is 416 g/mol. The van der Waals surface area contributed by atoms with Crippen LogP contribution in [0.1, 0.15) is 40.2 Å². The number of aliphatic hydroxyl groups excluding tert-OH is 3. The van der Waals surface area contributed by atoms with Gasteiger partial charge in [0.1, 0.15) is 11.5 Å². The van der Waals surface area contributed by atoms with Gasteiger partial charge in [0, 0.05) is 0 Å². The zero-order valence-corrected chi connectivity index (χ0v) is 20.6. The summed E-state index contributed by atoms with van der Waals surface area (Å²) in [6, 6.07) is 7.72. The fourth-order valence-electron chi connectivity index (χ4n) is 3.12. The van der Waals surface area contributed by atoms with E-state index in [0.717, 1.165) is 33.6 Å². The summed E-state index contributed by atoms with van der Waals surface area (Å²) < 4.78 is 11.1. The van der Waals surface area contributed by atoms with Crippen molar-refractivity contribution in [3.63, 3.8) is 0 Å². The van der Waals surface area contributed by atoms with Crippen LogP contribution in [0, 0.1) is 0 Å². The molecule has 5 heteroatoms. The molecule has 1 rings (SSSR count). The van der Waals surface area contributed by atoms with E-state index in [1.165, 1.54) is 6.08 Å². The largest absolute Gasteiger partial charge is 0.508 e. The molecule has 1 aromatic carbocycles. The van der Waals surface area contributed by atoms with Gasteiger partial charge in [-0.1, -0.05) is 42.5 Å². The summed E-state index contributed by atoms with van der Waals surface area (Å²) in [6.45, 7) is 9.67. The third-order valence-electron chi connectivity index (χ3n) is 4.81. The Balaban J connectivity index is 2.96. The maximum absolute atomic E-state index is 10.0. The van der Waals surface area contributed by atoms with Gasteiger partial charge in [-0.3, -0.25) is 0 Å². The number of benzene rings is 1. The van der Waals surface area contributed by atoms with Crippen molar-refractivity contribution in [2.24, 2.45) is 0 Å². The summed E-state index contributed by atoms with van der Waals surface area (Å²) in [5, 5.41) is 29.2. The first kappa shape index (κ1) is 28.2. The lowest BCUT2D eigenvalue weighted by Crippen LogP contribution is -2.06. The monoisotopic (exact) mass is 454 g/mol. The molecule has 1 aromatic rings. The van der Waals surface area contributed by atoms with Crippen molar-refractivity contribution in [3.8, 4) is 5.75 Å². The molecule has 0 spiro atoms. The van der Waals surface area contributed by atoms with Crippen molar-refractivity contribution in [1.82, 2.24) is 0 Å². The van der Waals surface area contributed by atoms with Crippen LogP contribution < -0.4 is 4.74 Å². The zero-order chi connectivity index (χ0) is 24.8. The number of aliphatic hydroxyl groups is 3. The Morgan fingerprint density at radius 1 is 1.03 bits per heavy atom. The minimum absolute atomic E-state index is 0.0139. The molecule has 0 bridgehead atoms. The van der Waals surface area contributed by atoms with E-state index in [0.29, 0.717) is 6.61 Å². The molecule has 0 aliphatic heterocycles. The van der Waals surface area contributed by atoms with E-state index >= 15 is 0 Å². The van der Waals surface area contributed by atoms with Crippen LogP contribution in [0.2, 0.25) is 0 Å². The van der Waals surface area contributed by atoms with Crippen molar-refractivity contribution in [2.75, 3.05) is 13.7 Å². The average Bonchev–Trinajstić information content (AvgIpc) is 2.78. The molecule has 5 nitrogen and oxygen atoms in total. The fraction of sp³-hybridized carbons (Fsp3) is 0.357. The van der Waals surface area contributed by atoms with Gasteiger partial charge < -0.3 is 24.8 Å². The maximum Gasteiger partial charge on any atom is 0.118 e. The smallest absolute Gasteiger partial charge is 0.118 e. The van der Waals surface area contributed by atoms with Crippen LogP contribution in [0.3, 0.4) is 0 Å². The highest BCUT2D eigenvalue weighted by Crippen LogP contribution is 2.20. The minimum Gasteiger partial charge on any atom is -0.508 e. The molecule has 0 saturated heterocycles. The highest BCUT2D eigenvalue weighted by molar-refractivity contribution is 5.48. The molecule has 0 aliphatic rings. The van der Waals surface area contributed by atoms with Crippen LogP contribution in [0.25, 0.3) is 0 Å². The van der Waals surface area contributed by atoms with E-state index in [-0.39, 0.29) is 18.5 Å². The fourth-order valence-corrected chi connectivity index (χ4v) is 3.12. The third kappa shape index (κ3) is 11.0. The summed E-state index contributed by atoms with van der Waals surface area (Å²) in [4.78, 5) is 0. The first-order valence-corrected chi connectivity index (χ1v) is 11.0. The van der Waals surface area contributed by atoms with Gasteiger partial charge in [-0.2, -0.15) is 0 Å². The average molecular weight is 455 g/mol. The molecule has 180 valence electrons. The number of ether oxygens (including phenoxy) is 2. The van der Waals surface area contributed by atoms with Gasteiger partial charge in [0.15, 0.2) is 0 Å². The molecule has 0 saturated carbocycles. The van der Waals surface area contributed by atoms with Gasteiger partial charge >= 0.3 is 0 Å². The van der Waals surface area contributed by atoms with Crippen molar-refractivity contribution in [2.45, 2.75) is 53.4 Å². The van der Waals surface area contributed by atoms with Gasteiger partial charge in [-0.05, 0) is 86.8 Å². The maximum atomic E-state index is 10.0. The Hall–Kier alpha value is -2.86. The molecule has 0 radical (unpaired) electrons. The van der Waals surface area contributed by atoms with Crippen LogP contribution in [-0.4, -0.2) is 41.2 Å². The normalized spacial score (nSPS) is 16.3. The van der Waals surface area contributed by atoms with E-state index in [1.54, 1.807) is 20.1 Å². The highest BCUT2D eigenvalue weighted by Gasteiger charge is 2.04. The van der Waals surface area contributed by atoms with Crippen molar-refractivity contribution in [1.29, 1.82) is 0 Å².